The number of aryl methyl sites for hydroxylation is 1. The zero-order valence-electron chi connectivity index (χ0n) is 15.0. The van der Waals surface area contributed by atoms with Crippen molar-refractivity contribution >= 4 is 23.7 Å². The van der Waals surface area contributed by atoms with Crippen LogP contribution < -0.4 is 5.32 Å². The molecule has 1 saturated carbocycles. The standard InChI is InChI=1S/C20H29NOS.ClH/c1-3-7-19(10-12-21-15-18-17(2)6-14-23-18)11-13-22-20(16-19)8-4-5-9-20;/h6,14,21H,4-5,8-13,15-16H2,1-2H3;1H. The number of nitrogens with one attached hydrogen (secondary N) is 1. The van der Waals surface area contributed by atoms with Crippen LogP contribution in [0.2, 0.25) is 0 Å². The van der Waals surface area contributed by atoms with Crippen molar-refractivity contribution in [2.24, 2.45) is 5.41 Å². The average molecular weight is 368 g/mol. The molecule has 24 heavy (non-hydrogen) atoms. The molecule has 1 aromatic rings. The van der Waals surface area contributed by atoms with E-state index in [0.717, 1.165) is 39.0 Å². The third kappa shape index (κ3) is 4.55. The van der Waals surface area contributed by atoms with E-state index in [1.165, 1.54) is 36.1 Å². The van der Waals surface area contributed by atoms with Crippen molar-refractivity contribution < 1.29 is 4.74 Å². The van der Waals surface area contributed by atoms with Gasteiger partial charge in [0.1, 0.15) is 0 Å². The minimum Gasteiger partial charge on any atom is -0.375 e. The Hall–Kier alpha value is -0.530. The van der Waals surface area contributed by atoms with E-state index in [4.69, 9.17) is 4.74 Å². The Bertz CT molecular complexity index is 582. The minimum absolute atomic E-state index is 0. The predicted octanol–water partition coefficient (Wildman–Crippen LogP) is 5.09. The van der Waals surface area contributed by atoms with Gasteiger partial charge in [-0.25, -0.2) is 0 Å². The maximum atomic E-state index is 6.22. The van der Waals surface area contributed by atoms with Crippen molar-refractivity contribution in [3.8, 4) is 11.8 Å². The summed E-state index contributed by atoms with van der Waals surface area (Å²) in [4.78, 5) is 1.46. The molecule has 2 heterocycles. The summed E-state index contributed by atoms with van der Waals surface area (Å²) in [5, 5.41) is 5.82. The monoisotopic (exact) mass is 367 g/mol. The molecule has 1 atom stereocenters. The van der Waals surface area contributed by atoms with E-state index in [1.807, 2.05) is 18.3 Å². The van der Waals surface area contributed by atoms with E-state index in [0.29, 0.717) is 0 Å². The zero-order chi connectivity index (χ0) is 16.2. The maximum Gasteiger partial charge on any atom is 0.0697 e. The molecule has 1 N–H and O–H groups in total. The lowest BCUT2D eigenvalue weighted by atomic mass is 9.70. The van der Waals surface area contributed by atoms with Gasteiger partial charge >= 0.3 is 0 Å². The molecule has 4 heteroatoms. The van der Waals surface area contributed by atoms with Crippen LogP contribution in [0.25, 0.3) is 0 Å². The van der Waals surface area contributed by atoms with Crippen LogP contribution in [0.4, 0.5) is 0 Å². The Balaban J connectivity index is 0.00000208. The van der Waals surface area contributed by atoms with E-state index in [9.17, 15) is 0 Å². The quantitative estimate of drug-likeness (QED) is 0.578. The first-order valence-electron chi connectivity index (χ1n) is 8.99. The summed E-state index contributed by atoms with van der Waals surface area (Å²) in [7, 11) is 0. The summed E-state index contributed by atoms with van der Waals surface area (Å²) >= 11 is 1.85. The number of ether oxygens (including phenoxy) is 1. The molecule has 1 aromatic heterocycles. The van der Waals surface area contributed by atoms with Crippen LogP contribution in [0.1, 0.15) is 62.3 Å². The van der Waals surface area contributed by atoms with Crippen LogP contribution >= 0.6 is 23.7 Å². The van der Waals surface area contributed by atoms with Crippen LogP contribution in [0, 0.1) is 24.2 Å². The first kappa shape index (κ1) is 19.8. The third-order valence-corrected chi connectivity index (χ3v) is 6.61. The second-order valence-corrected chi connectivity index (χ2v) is 8.27. The minimum atomic E-state index is 0. The summed E-state index contributed by atoms with van der Waals surface area (Å²) in [6.07, 6.45) is 8.50. The third-order valence-electron chi connectivity index (χ3n) is 5.59. The van der Waals surface area contributed by atoms with Gasteiger partial charge in [-0.15, -0.1) is 29.7 Å². The van der Waals surface area contributed by atoms with Crippen molar-refractivity contribution in [1.82, 2.24) is 5.32 Å². The number of hydrogen-bond acceptors (Lipinski definition) is 3. The van der Waals surface area contributed by atoms with Gasteiger partial charge in [-0.1, -0.05) is 18.8 Å². The van der Waals surface area contributed by atoms with Crippen LogP contribution in [0.3, 0.4) is 0 Å². The SMILES string of the molecule is CC#CC1(CCNCc2sccc2C)CCOC2(CCCC2)C1.Cl. The lowest BCUT2D eigenvalue weighted by Crippen LogP contribution is -2.44. The highest BCUT2D eigenvalue weighted by atomic mass is 35.5. The molecule has 2 nitrogen and oxygen atoms in total. The number of hydrogen-bond donors (Lipinski definition) is 1. The van der Waals surface area contributed by atoms with Crippen molar-refractivity contribution in [1.29, 1.82) is 0 Å². The van der Waals surface area contributed by atoms with Gasteiger partial charge in [-0.05, 0) is 69.5 Å². The van der Waals surface area contributed by atoms with Gasteiger partial charge in [-0.3, -0.25) is 0 Å². The Kier molecular flexibility index (Phi) is 7.19. The van der Waals surface area contributed by atoms with Gasteiger partial charge < -0.3 is 10.1 Å². The van der Waals surface area contributed by atoms with Crippen LogP contribution in [-0.2, 0) is 11.3 Å². The lowest BCUT2D eigenvalue weighted by molar-refractivity contribution is -0.109. The molecule has 3 rings (SSSR count). The fourth-order valence-electron chi connectivity index (χ4n) is 4.32. The first-order valence-corrected chi connectivity index (χ1v) is 9.87. The normalized spacial score (nSPS) is 25.1. The molecule has 0 bridgehead atoms. The van der Waals surface area contributed by atoms with Gasteiger partial charge in [0, 0.05) is 23.4 Å². The Morgan fingerprint density at radius 2 is 2.08 bits per heavy atom. The maximum absolute atomic E-state index is 6.22. The molecule has 0 aromatic carbocycles. The van der Waals surface area contributed by atoms with Crippen LogP contribution in [-0.4, -0.2) is 18.8 Å². The fourth-order valence-corrected chi connectivity index (χ4v) is 5.20. The summed E-state index contributed by atoms with van der Waals surface area (Å²) in [5.41, 5.74) is 1.71. The lowest BCUT2D eigenvalue weighted by Gasteiger charge is -2.44. The van der Waals surface area contributed by atoms with Crippen molar-refractivity contribution in [2.45, 2.75) is 70.9 Å². The molecule has 1 spiro atoms. The molecule has 1 aliphatic carbocycles. The number of rotatable bonds is 5. The van der Waals surface area contributed by atoms with Gasteiger partial charge in [0.05, 0.1) is 5.60 Å². The summed E-state index contributed by atoms with van der Waals surface area (Å²) < 4.78 is 6.22. The van der Waals surface area contributed by atoms with Crippen molar-refractivity contribution in [2.75, 3.05) is 13.2 Å². The summed E-state index contributed by atoms with van der Waals surface area (Å²) in [5.74, 6) is 6.80. The molecule has 1 aliphatic heterocycles. The molecule has 0 amide bonds. The van der Waals surface area contributed by atoms with Crippen molar-refractivity contribution in [3.05, 3.63) is 21.9 Å². The Morgan fingerprint density at radius 3 is 2.75 bits per heavy atom. The van der Waals surface area contributed by atoms with E-state index in [2.05, 4.69) is 35.5 Å². The molecule has 134 valence electrons. The molecule has 1 unspecified atom stereocenters. The predicted molar refractivity (Wildman–Crippen MR) is 105 cm³/mol. The van der Waals surface area contributed by atoms with Gasteiger partial charge in [0.2, 0.25) is 0 Å². The number of halogens is 1. The van der Waals surface area contributed by atoms with E-state index in [1.54, 1.807) is 0 Å². The molecular weight excluding hydrogens is 338 g/mol. The first-order chi connectivity index (χ1) is 11.2. The summed E-state index contributed by atoms with van der Waals surface area (Å²) in [6, 6.07) is 2.20. The molecule has 2 aliphatic rings. The largest absolute Gasteiger partial charge is 0.375 e. The highest BCUT2D eigenvalue weighted by Gasteiger charge is 2.46. The number of thiophene rings is 1. The molecule has 0 radical (unpaired) electrons. The van der Waals surface area contributed by atoms with Crippen molar-refractivity contribution in [3.63, 3.8) is 0 Å². The molecule has 2 fully saturated rings. The van der Waals surface area contributed by atoms with Gasteiger partial charge in [0.15, 0.2) is 0 Å². The zero-order valence-corrected chi connectivity index (χ0v) is 16.6. The average Bonchev–Trinajstić information content (AvgIpc) is 3.14. The summed E-state index contributed by atoms with van der Waals surface area (Å²) in [6.45, 7) is 7.10. The van der Waals surface area contributed by atoms with Gasteiger partial charge in [0.25, 0.3) is 0 Å². The second kappa shape index (κ2) is 8.72. The Morgan fingerprint density at radius 1 is 1.29 bits per heavy atom. The highest BCUT2D eigenvalue weighted by Crippen LogP contribution is 2.48. The second-order valence-electron chi connectivity index (χ2n) is 7.27. The van der Waals surface area contributed by atoms with E-state index < -0.39 is 0 Å². The highest BCUT2D eigenvalue weighted by molar-refractivity contribution is 7.10. The smallest absolute Gasteiger partial charge is 0.0697 e. The van der Waals surface area contributed by atoms with Crippen LogP contribution in [0.15, 0.2) is 11.4 Å². The van der Waals surface area contributed by atoms with E-state index >= 15 is 0 Å². The fraction of sp³-hybridized carbons (Fsp3) is 0.700. The topological polar surface area (TPSA) is 21.3 Å². The van der Waals surface area contributed by atoms with Crippen LogP contribution in [0.5, 0.6) is 0 Å². The van der Waals surface area contributed by atoms with E-state index in [-0.39, 0.29) is 23.4 Å². The van der Waals surface area contributed by atoms with Gasteiger partial charge in [-0.2, -0.15) is 0 Å². The molecule has 1 saturated heterocycles. The molecular formula is C20H30ClNOS. The Labute approximate surface area is 157 Å².